The van der Waals surface area contributed by atoms with Gasteiger partial charge in [0.2, 0.25) is 0 Å². The third-order valence-corrected chi connectivity index (χ3v) is 4.50. The number of hydrogen-bond donors (Lipinski definition) is 5. The number of H-pyrrole nitrogens is 1. The normalized spacial score (nSPS) is 13.0. The first-order valence-electron chi connectivity index (χ1n) is 6.29. The zero-order chi connectivity index (χ0) is 19.1. The predicted molar refractivity (Wildman–Crippen MR) is 81.7 cm³/mol. The lowest BCUT2D eigenvalue weighted by Gasteiger charge is -2.10. The number of aromatic amines is 1. The molecule has 5 N–H and O–H groups in total. The molecule has 136 valence electrons. The molecule has 0 amide bonds. The third-order valence-electron chi connectivity index (χ3n) is 2.38. The second kappa shape index (κ2) is 9.03. The van der Waals surface area contributed by atoms with Gasteiger partial charge in [-0.15, -0.1) is 0 Å². The summed E-state index contributed by atoms with van der Waals surface area (Å²) in [6.45, 7) is 0. The van der Waals surface area contributed by atoms with Gasteiger partial charge in [0, 0.05) is 0 Å². The first-order chi connectivity index (χ1) is 11.6. The topological polar surface area (TPSA) is 208 Å². The van der Waals surface area contributed by atoms with Crippen molar-refractivity contribution in [2.75, 3.05) is 0 Å². The van der Waals surface area contributed by atoms with Crippen molar-refractivity contribution >= 4 is 47.4 Å². The standard InChI is InChI=1S/C11H11N3O9S2/c15-5(16)1-3(7(19)20)24-10-12-9(23)13-11(14-10)25-4(8(21)22)2-6(17)18/h3-4H,1-2H2,(H,15,16)(H,17,18)(H,19,20)(H,21,22)(H,12,13,14,23). The minimum Gasteiger partial charge on any atom is -0.481 e. The van der Waals surface area contributed by atoms with Crippen molar-refractivity contribution < 1.29 is 39.6 Å². The van der Waals surface area contributed by atoms with Crippen LogP contribution in [0.15, 0.2) is 15.1 Å². The first-order valence-corrected chi connectivity index (χ1v) is 8.05. The van der Waals surface area contributed by atoms with E-state index < -0.39 is 52.9 Å². The lowest BCUT2D eigenvalue weighted by molar-refractivity contribution is -0.142. The van der Waals surface area contributed by atoms with Crippen LogP contribution in [0.3, 0.4) is 0 Å². The molecule has 25 heavy (non-hydrogen) atoms. The fourth-order valence-electron chi connectivity index (χ4n) is 1.39. The van der Waals surface area contributed by atoms with E-state index >= 15 is 0 Å². The van der Waals surface area contributed by atoms with Crippen molar-refractivity contribution in [1.82, 2.24) is 15.0 Å². The Morgan fingerprint density at radius 3 is 1.80 bits per heavy atom. The van der Waals surface area contributed by atoms with Crippen molar-refractivity contribution in [2.24, 2.45) is 0 Å². The second-order valence-electron chi connectivity index (χ2n) is 4.33. The molecular weight excluding hydrogens is 382 g/mol. The summed E-state index contributed by atoms with van der Waals surface area (Å²) in [5, 5.41) is 31.7. The van der Waals surface area contributed by atoms with Crippen molar-refractivity contribution in [3.05, 3.63) is 10.5 Å². The molecule has 0 saturated heterocycles. The molecular formula is C11H11N3O9S2. The highest BCUT2D eigenvalue weighted by atomic mass is 32.2. The van der Waals surface area contributed by atoms with Crippen LogP contribution >= 0.6 is 23.5 Å². The second-order valence-corrected chi connectivity index (χ2v) is 6.69. The smallest absolute Gasteiger partial charge is 0.349 e. The number of aliphatic carboxylic acids is 4. The highest BCUT2D eigenvalue weighted by molar-refractivity contribution is 8.01. The largest absolute Gasteiger partial charge is 0.481 e. The van der Waals surface area contributed by atoms with Gasteiger partial charge < -0.3 is 20.4 Å². The Morgan fingerprint density at radius 1 is 0.880 bits per heavy atom. The molecule has 0 radical (unpaired) electrons. The van der Waals surface area contributed by atoms with Gasteiger partial charge >= 0.3 is 29.6 Å². The predicted octanol–water partition coefficient (Wildman–Crippen LogP) is -0.795. The lowest BCUT2D eigenvalue weighted by atomic mass is 10.3. The summed E-state index contributed by atoms with van der Waals surface area (Å²) in [5.41, 5.74) is -0.973. The minimum atomic E-state index is -1.47. The van der Waals surface area contributed by atoms with Gasteiger partial charge in [0.15, 0.2) is 10.3 Å². The number of nitrogens with zero attached hydrogens (tertiary/aromatic N) is 2. The van der Waals surface area contributed by atoms with E-state index in [9.17, 15) is 24.0 Å². The molecule has 1 aromatic heterocycles. The molecule has 1 heterocycles. The van der Waals surface area contributed by atoms with Crippen LogP contribution in [-0.4, -0.2) is 69.8 Å². The van der Waals surface area contributed by atoms with Crippen LogP contribution in [0.2, 0.25) is 0 Å². The summed E-state index contributed by atoms with van der Waals surface area (Å²) in [6.07, 6.45) is -1.50. The van der Waals surface area contributed by atoms with Gasteiger partial charge in [0.1, 0.15) is 10.5 Å². The van der Waals surface area contributed by atoms with E-state index in [0.717, 1.165) is 0 Å². The molecule has 0 aliphatic carbocycles. The van der Waals surface area contributed by atoms with E-state index in [4.69, 9.17) is 20.4 Å². The Bertz CT molecular complexity index is 693. The van der Waals surface area contributed by atoms with E-state index in [1.165, 1.54) is 0 Å². The van der Waals surface area contributed by atoms with E-state index in [1.807, 2.05) is 0 Å². The van der Waals surface area contributed by atoms with Gasteiger partial charge in [-0.1, -0.05) is 23.5 Å². The highest BCUT2D eigenvalue weighted by Gasteiger charge is 2.26. The summed E-state index contributed by atoms with van der Waals surface area (Å²) in [5.74, 6) is -5.67. The van der Waals surface area contributed by atoms with Gasteiger partial charge in [-0.3, -0.25) is 24.2 Å². The quantitative estimate of drug-likeness (QED) is 0.309. The van der Waals surface area contributed by atoms with Crippen LogP contribution in [0.1, 0.15) is 12.8 Å². The molecule has 0 aliphatic heterocycles. The van der Waals surface area contributed by atoms with Crippen molar-refractivity contribution in [1.29, 1.82) is 0 Å². The average Bonchev–Trinajstić information content (AvgIpc) is 2.44. The van der Waals surface area contributed by atoms with E-state index in [1.54, 1.807) is 0 Å². The first kappa shape index (κ1) is 20.4. The third kappa shape index (κ3) is 7.21. The monoisotopic (exact) mass is 393 g/mol. The summed E-state index contributed by atoms with van der Waals surface area (Å²) in [7, 11) is 0. The van der Waals surface area contributed by atoms with E-state index in [0.29, 0.717) is 23.5 Å². The zero-order valence-electron chi connectivity index (χ0n) is 12.1. The molecule has 0 fully saturated rings. The summed E-state index contributed by atoms with van der Waals surface area (Å²) >= 11 is 0.842. The van der Waals surface area contributed by atoms with Gasteiger partial charge in [-0.2, -0.15) is 9.97 Å². The Kier molecular flexibility index (Phi) is 7.38. The van der Waals surface area contributed by atoms with Crippen LogP contribution in [0, 0.1) is 0 Å². The van der Waals surface area contributed by atoms with Crippen LogP contribution in [0.5, 0.6) is 0 Å². The van der Waals surface area contributed by atoms with Crippen molar-refractivity contribution in [3.63, 3.8) is 0 Å². The lowest BCUT2D eigenvalue weighted by Crippen LogP contribution is -2.24. The highest BCUT2D eigenvalue weighted by Crippen LogP contribution is 2.26. The molecule has 0 saturated carbocycles. The molecule has 1 rings (SSSR count). The molecule has 1 aromatic rings. The Balaban J connectivity index is 3.03. The molecule has 0 aromatic carbocycles. The van der Waals surface area contributed by atoms with E-state index in [2.05, 4.69) is 15.0 Å². The Hall–Kier alpha value is -2.61. The molecule has 0 bridgehead atoms. The minimum absolute atomic E-state index is 0.282. The molecule has 2 atom stereocenters. The molecule has 0 spiro atoms. The van der Waals surface area contributed by atoms with Gasteiger partial charge in [0.05, 0.1) is 12.8 Å². The number of aromatic nitrogens is 3. The number of hydrogen-bond acceptors (Lipinski definition) is 9. The number of carbonyl (C=O) groups is 4. The SMILES string of the molecule is O=C(O)CC(Sc1nc(SC(CC(=O)O)C(=O)O)[nH]c(=O)n1)C(=O)O. The number of carboxylic acids is 4. The summed E-state index contributed by atoms with van der Waals surface area (Å²) in [6, 6.07) is 0. The van der Waals surface area contributed by atoms with Crippen LogP contribution < -0.4 is 5.69 Å². The number of carboxylic acid groups (broad SMARTS) is 4. The van der Waals surface area contributed by atoms with Crippen LogP contribution in [0.4, 0.5) is 0 Å². The number of thioether (sulfide) groups is 2. The van der Waals surface area contributed by atoms with Crippen molar-refractivity contribution in [2.45, 2.75) is 33.7 Å². The molecule has 12 nitrogen and oxygen atoms in total. The fraction of sp³-hybridized carbons (Fsp3) is 0.364. The van der Waals surface area contributed by atoms with Gasteiger partial charge in [-0.05, 0) is 0 Å². The van der Waals surface area contributed by atoms with Crippen molar-refractivity contribution in [3.8, 4) is 0 Å². The maximum absolute atomic E-state index is 11.5. The summed E-state index contributed by atoms with van der Waals surface area (Å²) < 4.78 is 0. The van der Waals surface area contributed by atoms with Crippen LogP contribution in [0.25, 0.3) is 0 Å². The number of rotatable bonds is 10. The molecule has 14 heteroatoms. The van der Waals surface area contributed by atoms with Gasteiger partial charge in [0.25, 0.3) is 0 Å². The number of nitrogens with one attached hydrogen (secondary N) is 1. The summed E-state index contributed by atoms with van der Waals surface area (Å²) in [4.78, 5) is 64.1. The van der Waals surface area contributed by atoms with Gasteiger partial charge in [-0.25, -0.2) is 4.79 Å². The fourth-order valence-corrected chi connectivity index (χ4v) is 3.19. The maximum atomic E-state index is 11.5. The zero-order valence-corrected chi connectivity index (χ0v) is 13.7. The maximum Gasteiger partial charge on any atom is 0.349 e. The van der Waals surface area contributed by atoms with E-state index in [-0.39, 0.29) is 10.3 Å². The molecule has 2 unspecified atom stereocenters. The molecule has 0 aliphatic rings. The Morgan fingerprint density at radius 2 is 1.36 bits per heavy atom. The van der Waals surface area contributed by atoms with Crippen LogP contribution in [-0.2, 0) is 19.2 Å². The Labute approximate surface area is 146 Å². The average molecular weight is 393 g/mol.